The lowest BCUT2D eigenvalue weighted by molar-refractivity contribution is -0.132. The summed E-state index contributed by atoms with van der Waals surface area (Å²) in [5, 5.41) is 3.35. The Morgan fingerprint density at radius 2 is 2.00 bits per heavy atom. The smallest absolute Gasteiger partial charge is 0.169 e. The summed E-state index contributed by atoms with van der Waals surface area (Å²) < 4.78 is 12.1. The van der Waals surface area contributed by atoms with Crippen LogP contribution in [0.4, 0.5) is 0 Å². The number of nitrogens with one attached hydrogen (secondary N) is 1. The molecule has 0 atom stereocenters. The van der Waals surface area contributed by atoms with Crippen molar-refractivity contribution in [3.63, 3.8) is 0 Å². The summed E-state index contributed by atoms with van der Waals surface area (Å²) in [6, 6.07) is 4.24. The van der Waals surface area contributed by atoms with Gasteiger partial charge in [0.15, 0.2) is 6.29 Å². The van der Waals surface area contributed by atoms with Crippen molar-refractivity contribution in [3.05, 3.63) is 20.8 Å². The number of thiophene rings is 1. The number of rotatable bonds is 9. The van der Waals surface area contributed by atoms with Crippen molar-refractivity contribution in [1.82, 2.24) is 5.32 Å². The molecule has 0 saturated heterocycles. The maximum absolute atomic E-state index is 5.45. The Morgan fingerprint density at radius 3 is 2.53 bits per heavy atom. The summed E-state index contributed by atoms with van der Waals surface area (Å²) in [5.41, 5.74) is 0. The van der Waals surface area contributed by atoms with Crippen LogP contribution in [0.5, 0.6) is 0 Å². The van der Waals surface area contributed by atoms with Crippen LogP contribution in [-0.2, 0) is 15.9 Å². The van der Waals surface area contributed by atoms with Crippen LogP contribution in [-0.4, -0.2) is 32.6 Å². The molecule has 5 heteroatoms. The van der Waals surface area contributed by atoms with E-state index >= 15 is 0 Å². The van der Waals surface area contributed by atoms with E-state index in [2.05, 4.69) is 33.4 Å². The van der Waals surface area contributed by atoms with E-state index in [1.54, 1.807) is 11.3 Å². The zero-order chi connectivity index (χ0) is 12.5. The minimum atomic E-state index is -0.125. The third kappa shape index (κ3) is 6.52. The monoisotopic (exact) mass is 321 g/mol. The molecule has 0 aromatic carbocycles. The Balaban J connectivity index is 2.13. The van der Waals surface area contributed by atoms with Crippen LogP contribution in [0, 0.1) is 0 Å². The van der Waals surface area contributed by atoms with E-state index < -0.39 is 0 Å². The van der Waals surface area contributed by atoms with Gasteiger partial charge in [-0.25, -0.2) is 0 Å². The van der Waals surface area contributed by atoms with Gasteiger partial charge in [0, 0.05) is 31.2 Å². The maximum atomic E-state index is 5.45. The minimum Gasteiger partial charge on any atom is -0.352 e. The molecule has 0 saturated carbocycles. The first-order valence-electron chi connectivity index (χ1n) is 5.94. The fourth-order valence-corrected chi connectivity index (χ4v) is 2.94. The fraction of sp³-hybridized carbons (Fsp3) is 0.667. The maximum Gasteiger partial charge on any atom is 0.169 e. The Morgan fingerprint density at radius 1 is 1.29 bits per heavy atom. The highest BCUT2D eigenvalue weighted by atomic mass is 79.9. The highest BCUT2D eigenvalue weighted by molar-refractivity contribution is 9.11. The van der Waals surface area contributed by atoms with Crippen molar-refractivity contribution in [2.45, 2.75) is 26.6 Å². The van der Waals surface area contributed by atoms with E-state index in [1.807, 2.05) is 13.8 Å². The molecule has 1 N–H and O–H groups in total. The number of hydrogen-bond acceptors (Lipinski definition) is 4. The Bertz CT molecular complexity index is 300. The minimum absolute atomic E-state index is 0.125. The first kappa shape index (κ1) is 15.1. The van der Waals surface area contributed by atoms with E-state index in [1.165, 1.54) is 8.66 Å². The number of hydrogen-bond donors (Lipinski definition) is 1. The van der Waals surface area contributed by atoms with Crippen LogP contribution in [0.3, 0.4) is 0 Å². The molecule has 3 nitrogen and oxygen atoms in total. The molecule has 1 rings (SSSR count). The third-order valence-corrected chi connectivity index (χ3v) is 3.88. The average molecular weight is 322 g/mol. The molecule has 1 aromatic rings. The van der Waals surface area contributed by atoms with Crippen molar-refractivity contribution in [2.75, 3.05) is 26.3 Å². The highest BCUT2D eigenvalue weighted by Crippen LogP contribution is 2.21. The lowest BCUT2D eigenvalue weighted by atomic mass is 10.3. The molecule has 0 spiro atoms. The molecule has 0 bridgehead atoms. The molecular weight excluding hydrogens is 302 g/mol. The van der Waals surface area contributed by atoms with Gasteiger partial charge in [-0.3, -0.25) is 0 Å². The van der Waals surface area contributed by atoms with Gasteiger partial charge in [-0.1, -0.05) is 0 Å². The van der Waals surface area contributed by atoms with Crippen LogP contribution in [0.15, 0.2) is 15.9 Å². The summed E-state index contributed by atoms with van der Waals surface area (Å²) in [5.74, 6) is 0. The lowest BCUT2D eigenvalue weighted by Gasteiger charge is -2.17. The van der Waals surface area contributed by atoms with E-state index in [4.69, 9.17) is 9.47 Å². The van der Waals surface area contributed by atoms with E-state index in [0.29, 0.717) is 13.2 Å². The largest absolute Gasteiger partial charge is 0.352 e. The fourth-order valence-electron chi connectivity index (χ4n) is 1.46. The summed E-state index contributed by atoms with van der Waals surface area (Å²) in [6.45, 7) is 7.02. The second-order valence-corrected chi connectivity index (χ2v) is 6.05. The van der Waals surface area contributed by atoms with Gasteiger partial charge in [-0.05, 0) is 48.3 Å². The highest BCUT2D eigenvalue weighted by Gasteiger charge is 2.06. The molecule has 0 aliphatic rings. The van der Waals surface area contributed by atoms with Gasteiger partial charge < -0.3 is 14.8 Å². The van der Waals surface area contributed by atoms with Crippen molar-refractivity contribution in [3.8, 4) is 0 Å². The van der Waals surface area contributed by atoms with E-state index in [0.717, 1.165) is 19.5 Å². The van der Waals surface area contributed by atoms with Gasteiger partial charge in [-0.15, -0.1) is 11.3 Å². The van der Waals surface area contributed by atoms with Crippen LogP contribution in [0.25, 0.3) is 0 Å². The normalized spacial score (nSPS) is 11.3. The predicted molar refractivity (Wildman–Crippen MR) is 75.6 cm³/mol. The number of halogens is 1. The van der Waals surface area contributed by atoms with Gasteiger partial charge in [-0.2, -0.15) is 0 Å². The van der Waals surface area contributed by atoms with Crippen LogP contribution >= 0.6 is 27.3 Å². The second kappa shape index (κ2) is 9.05. The van der Waals surface area contributed by atoms with E-state index in [-0.39, 0.29) is 6.29 Å². The molecule has 0 radical (unpaired) electrons. The summed E-state index contributed by atoms with van der Waals surface area (Å²) in [7, 11) is 0. The van der Waals surface area contributed by atoms with Crippen molar-refractivity contribution in [1.29, 1.82) is 0 Å². The van der Waals surface area contributed by atoms with E-state index in [9.17, 15) is 0 Å². The summed E-state index contributed by atoms with van der Waals surface area (Å²) in [4.78, 5) is 1.38. The quantitative estimate of drug-likeness (QED) is 0.560. The molecule has 0 fully saturated rings. The predicted octanol–water partition coefficient (Wildman–Crippen LogP) is 3.04. The third-order valence-electron chi connectivity index (χ3n) is 2.19. The first-order valence-corrected chi connectivity index (χ1v) is 7.55. The topological polar surface area (TPSA) is 30.5 Å². The second-order valence-electron chi connectivity index (χ2n) is 3.50. The molecular formula is C12H20BrNO2S. The Hall–Kier alpha value is 0.0600. The SMILES string of the molecule is CCOC(CNCCc1ccc(Br)s1)OCC. The summed E-state index contributed by atoms with van der Waals surface area (Å²) in [6.07, 6.45) is 0.918. The number of ether oxygens (including phenoxy) is 2. The molecule has 1 aromatic heterocycles. The van der Waals surface area contributed by atoms with Gasteiger partial charge in [0.25, 0.3) is 0 Å². The zero-order valence-electron chi connectivity index (χ0n) is 10.4. The Labute approximate surface area is 116 Å². The standard InChI is InChI=1S/C12H20BrNO2S/c1-3-15-12(16-4-2)9-14-8-7-10-5-6-11(13)17-10/h5-6,12,14H,3-4,7-9H2,1-2H3. The first-order chi connectivity index (χ1) is 8.26. The van der Waals surface area contributed by atoms with Gasteiger partial charge in [0.1, 0.15) is 0 Å². The van der Waals surface area contributed by atoms with Crippen molar-refractivity contribution < 1.29 is 9.47 Å². The summed E-state index contributed by atoms with van der Waals surface area (Å²) >= 11 is 5.24. The van der Waals surface area contributed by atoms with Gasteiger partial charge >= 0.3 is 0 Å². The Kier molecular flexibility index (Phi) is 8.05. The molecule has 0 aliphatic heterocycles. The lowest BCUT2D eigenvalue weighted by Crippen LogP contribution is -2.32. The molecule has 0 aliphatic carbocycles. The van der Waals surface area contributed by atoms with Crippen LogP contribution in [0.2, 0.25) is 0 Å². The van der Waals surface area contributed by atoms with Crippen LogP contribution < -0.4 is 5.32 Å². The molecule has 0 amide bonds. The van der Waals surface area contributed by atoms with Gasteiger partial charge in [0.2, 0.25) is 0 Å². The molecule has 0 unspecified atom stereocenters. The van der Waals surface area contributed by atoms with Gasteiger partial charge in [0.05, 0.1) is 3.79 Å². The zero-order valence-corrected chi connectivity index (χ0v) is 12.8. The van der Waals surface area contributed by atoms with Crippen molar-refractivity contribution >= 4 is 27.3 Å². The molecule has 1 heterocycles. The molecule has 17 heavy (non-hydrogen) atoms. The molecule has 98 valence electrons. The van der Waals surface area contributed by atoms with Crippen LogP contribution in [0.1, 0.15) is 18.7 Å². The average Bonchev–Trinajstić information content (AvgIpc) is 2.71. The van der Waals surface area contributed by atoms with Crippen molar-refractivity contribution in [2.24, 2.45) is 0 Å².